The lowest BCUT2D eigenvalue weighted by Gasteiger charge is -2.00. The van der Waals surface area contributed by atoms with Crippen molar-refractivity contribution in [2.24, 2.45) is 0 Å². The fourth-order valence-electron chi connectivity index (χ4n) is 1.88. The molecule has 0 heterocycles. The van der Waals surface area contributed by atoms with Crippen molar-refractivity contribution in [3.63, 3.8) is 0 Å². The molecule has 0 saturated heterocycles. The third-order valence-corrected chi connectivity index (χ3v) is 2.89. The number of hydrogen-bond donors (Lipinski definition) is 1. The van der Waals surface area contributed by atoms with Gasteiger partial charge in [-0.05, 0) is 49.8 Å². The Bertz CT molecular complexity index is 328. The van der Waals surface area contributed by atoms with Crippen molar-refractivity contribution in [3.05, 3.63) is 42.0 Å². The van der Waals surface area contributed by atoms with Crippen molar-refractivity contribution in [2.75, 3.05) is 0 Å². The van der Waals surface area contributed by atoms with Crippen LogP contribution in [0.25, 0.3) is 0 Å². The fraction of sp³-hybridized carbons (Fsp3) is 0.500. The molecule has 17 heavy (non-hydrogen) atoms. The van der Waals surface area contributed by atoms with E-state index in [0.717, 1.165) is 19.3 Å². The quantitative estimate of drug-likeness (QED) is 0.501. The third kappa shape index (κ3) is 6.83. The zero-order chi connectivity index (χ0) is 12.3. The number of aromatic hydroxyl groups is 1. The van der Waals surface area contributed by atoms with Gasteiger partial charge in [-0.3, -0.25) is 0 Å². The van der Waals surface area contributed by atoms with Crippen LogP contribution >= 0.6 is 0 Å². The van der Waals surface area contributed by atoms with E-state index in [1.807, 2.05) is 12.1 Å². The highest BCUT2D eigenvalue weighted by atomic mass is 16.3. The molecule has 0 spiro atoms. The Labute approximate surface area is 105 Å². The smallest absolute Gasteiger partial charge is 0.115 e. The van der Waals surface area contributed by atoms with Crippen LogP contribution < -0.4 is 0 Å². The lowest BCUT2D eigenvalue weighted by molar-refractivity contribution is 0.474. The lowest BCUT2D eigenvalue weighted by atomic mass is 10.1. The van der Waals surface area contributed by atoms with Gasteiger partial charge in [-0.1, -0.05) is 44.1 Å². The van der Waals surface area contributed by atoms with Gasteiger partial charge in [-0.25, -0.2) is 0 Å². The number of hydrogen-bond acceptors (Lipinski definition) is 1. The molecule has 0 fully saturated rings. The van der Waals surface area contributed by atoms with Crippen LogP contribution in [-0.2, 0) is 6.42 Å². The Morgan fingerprint density at radius 1 is 1.06 bits per heavy atom. The van der Waals surface area contributed by atoms with Gasteiger partial charge in [-0.15, -0.1) is 0 Å². The molecule has 0 unspecified atom stereocenters. The number of rotatable bonds is 8. The topological polar surface area (TPSA) is 20.2 Å². The zero-order valence-electron chi connectivity index (χ0n) is 10.9. The summed E-state index contributed by atoms with van der Waals surface area (Å²) in [6.45, 7) is 2.24. The highest BCUT2D eigenvalue weighted by Gasteiger charge is 1.93. The molecule has 0 aromatic heterocycles. The van der Waals surface area contributed by atoms with E-state index in [1.54, 1.807) is 6.07 Å². The molecule has 1 heteroatoms. The van der Waals surface area contributed by atoms with E-state index >= 15 is 0 Å². The monoisotopic (exact) mass is 232 g/mol. The molecule has 1 nitrogen and oxygen atoms in total. The summed E-state index contributed by atoms with van der Waals surface area (Å²) in [4.78, 5) is 0. The van der Waals surface area contributed by atoms with Gasteiger partial charge in [0.2, 0.25) is 0 Å². The first-order valence-electron chi connectivity index (χ1n) is 6.76. The molecule has 0 atom stereocenters. The number of aryl methyl sites for hydroxylation is 1. The summed E-state index contributed by atoms with van der Waals surface area (Å²) in [7, 11) is 0. The van der Waals surface area contributed by atoms with Gasteiger partial charge < -0.3 is 5.11 Å². The van der Waals surface area contributed by atoms with Gasteiger partial charge in [0.1, 0.15) is 5.75 Å². The van der Waals surface area contributed by atoms with Crippen LogP contribution in [0.2, 0.25) is 0 Å². The average molecular weight is 232 g/mol. The van der Waals surface area contributed by atoms with Crippen molar-refractivity contribution in [1.82, 2.24) is 0 Å². The minimum Gasteiger partial charge on any atom is -0.508 e. The summed E-state index contributed by atoms with van der Waals surface area (Å²) in [6, 6.07) is 7.55. The number of phenols is 1. The van der Waals surface area contributed by atoms with Crippen LogP contribution in [0.5, 0.6) is 5.75 Å². The maximum absolute atomic E-state index is 9.32. The van der Waals surface area contributed by atoms with Crippen molar-refractivity contribution in [3.8, 4) is 5.75 Å². The van der Waals surface area contributed by atoms with E-state index in [9.17, 15) is 5.11 Å². The van der Waals surface area contributed by atoms with Crippen LogP contribution in [0.15, 0.2) is 36.4 Å². The highest BCUT2D eigenvalue weighted by Crippen LogP contribution is 2.13. The van der Waals surface area contributed by atoms with Gasteiger partial charge in [0.15, 0.2) is 0 Å². The molecule has 94 valence electrons. The summed E-state index contributed by atoms with van der Waals surface area (Å²) < 4.78 is 0. The van der Waals surface area contributed by atoms with E-state index in [2.05, 4.69) is 25.1 Å². The standard InChI is InChI=1S/C16H24O/c1-2-3-4-5-6-7-8-9-11-15-12-10-13-16(17)14-15/h6-7,10,12-14,17H,2-5,8-9,11H2,1H3. The molecule has 0 aliphatic rings. The van der Waals surface area contributed by atoms with Crippen molar-refractivity contribution in [2.45, 2.75) is 51.9 Å². The van der Waals surface area contributed by atoms with Crippen LogP contribution in [0.1, 0.15) is 51.0 Å². The predicted molar refractivity (Wildman–Crippen MR) is 74.3 cm³/mol. The molecule has 1 N–H and O–H groups in total. The Balaban J connectivity index is 2.08. The maximum Gasteiger partial charge on any atom is 0.115 e. The van der Waals surface area contributed by atoms with E-state index < -0.39 is 0 Å². The van der Waals surface area contributed by atoms with Crippen LogP contribution in [0.3, 0.4) is 0 Å². The number of phenolic OH excluding ortho intramolecular Hbond substituents is 1. The van der Waals surface area contributed by atoms with Crippen molar-refractivity contribution in [1.29, 1.82) is 0 Å². The minimum atomic E-state index is 0.373. The SMILES string of the molecule is CCCCCC=CCCCc1cccc(O)c1. The Kier molecular flexibility index (Phi) is 7.20. The van der Waals surface area contributed by atoms with E-state index in [0.29, 0.717) is 5.75 Å². The summed E-state index contributed by atoms with van der Waals surface area (Å²) in [6.07, 6.45) is 13.1. The second kappa shape index (κ2) is 8.86. The van der Waals surface area contributed by atoms with Gasteiger partial charge in [0.25, 0.3) is 0 Å². The molecule has 1 aromatic carbocycles. The molecule has 0 saturated carbocycles. The number of allylic oxidation sites excluding steroid dienone is 2. The van der Waals surface area contributed by atoms with E-state index in [-0.39, 0.29) is 0 Å². The molecule has 0 amide bonds. The lowest BCUT2D eigenvalue weighted by Crippen LogP contribution is -1.83. The summed E-state index contributed by atoms with van der Waals surface area (Å²) in [5.74, 6) is 0.373. The van der Waals surface area contributed by atoms with E-state index in [1.165, 1.54) is 31.2 Å². The molecular formula is C16H24O. The van der Waals surface area contributed by atoms with Crippen LogP contribution in [-0.4, -0.2) is 5.11 Å². The molecule has 0 aliphatic carbocycles. The average Bonchev–Trinajstić information content (AvgIpc) is 2.33. The fourth-order valence-corrected chi connectivity index (χ4v) is 1.88. The second-order valence-corrected chi connectivity index (χ2v) is 4.53. The third-order valence-electron chi connectivity index (χ3n) is 2.89. The van der Waals surface area contributed by atoms with Crippen molar-refractivity contribution >= 4 is 0 Å². The minimum absolute atomic E-state index is 0.373. The van der Waals surface area contributed by atoms with Crippen molar-refractivity contribution < 1.29 is 5.11 Å². The second-order valence-electron chi connectivity index (χ2n) is 4.53. The number of benzene rings is 1. The first-order valence-corrected chi connectivity index (χ1v) is 6.76. The molecular weight excluding hydrogens is 208 g/mol. The zero-order valence-corrected chi connectivity index (χ0v) is 10.9. The number of unbranched alkanes of at least 4 members (excludes halogenated alkanes) is 4. The maximum atomic E-state index is 9.32. The summed E-state index contributed by atoms with van der Waals surface area (Å²) in [5, 5.41) is 9.32. The molecule has 0 bridgehead atoms. The first-order chi connectivity index (χ1) is 8.33. The molecule has 1 aromatic rings. The molecule has 0 radical (unpaired) electrons. The first kappa shape index (κ1) is 13.8. The van der Waals surface area contributed by atoms with Crippen LogP contribution in [0.4, 0.5) is 0 Å². The highest BCUT2D eigenvalue weighted by molar-refractivity contribution is 5.27. The Morgan fingerprint density at radius 3 is 2.53 bits per heavy atom. The Morgan fingerprint density at radius 2 is 1.82 bits per heavy atom. The molecule has 0 aliphatic heterocycles. The Hall–Kier alpha value is -1.24. The predicted octanol–water partition coefficient (Wildman–Crippen LogP) is 4.85. The molecule has 1 rings (SSSR count). The largest absolute Gasteiger partial charge is 0.508 e. The van der Waals surface area contributed by atoms with E-state index in [4.69, 9.17) is 0 Å². The van der Waals surface area contributed by atoms with Gasteiger partial charge in [-0.2, -0.15) is 0 Å². The van der Waals surface area contributed by atoms with Crippen LogP contribution in [0, 0.1) is 0 Å². The summed E-state index contributed by atoms with van der Waals surface area (Å²) >= 11 is 0. The van der Waals surface area contributed by atoms with Gasteiger partial charge in [0, 0.05) is 0 Å². The van der Waals surface area contributed by atoms with Gasteiger partial charge in [0.05, 0.1) is 0 Å². The normalized spacial score (nSPS) is 11.1. The van der Waals surface area contributed by atoms with Gasteiger partial charge >= 0.3 is 0 Å². The summed E-state index contributed by atoms with van der Waals surface area (Å²) in [5.41, 5.74) is 1.23.